The van der Waals surface area contributed by atoms with Crippen LogP contribution in [0.1, 0.15) is 20.8 Å². The zero-order valence-corrected chi connectivity index (χ0v) is 17.7. The first-order chi connectivity index (χ1) is 13.5. The number of hydrogen-bond acceptors (Lipinski definition) is 8. The van der Waals surface area contributed by atoms with Crippen LogP contribution in [0.2, 0.25) is 0 Å². The Labute approximate surface area is 168 Å². The van der Waals surface area contributed by atoms with Gasteiger partial charge in [-0.2, -0.15) is 0 Å². The molecular weight excluding hydrogens is 368 g/mol. The molecule has 0 radical (unpaired) electrons. The molecule has 0 bridgehead atoms. The van der Waals surface area contributed by atoms with E-state index in [1.54, 1.807) is 4.90 Å². The van der Waals surface area contributed by atoms with E-state index in [0.29, 0.717) is 79.2 Å². The van der Waals surface area contributed by atoms with Gasteiger partial charge < -0.3 is 38.6 Å². The van der Waals surface area contributed by atoms with Crippen LogP contribution in [0.5, 0.6) is 0 Å². The molecule has 9 nitrogen and oxygen atoms in total. The fourth-order valence-electron chi connectivity index (χ4n) is 2.25. The maximum absolute atomic E-state index is 12.4. The highest BCUT2D eigenvalue weighted by Crippen LogP contribution is 2.09. The van der Waals surface area contributed by atoms with E-state index in [1.165, 1.54) is 0 Å². The number of carbonyl (C=O) groups is 1. The Morgan fingerprint density at radius 2 is 1.11 bits per heavy atom. The maximum Gasteiger partial charge on any atom is 0.410 e. The molecule has 1 fully saturated rings. The van der Waals surface area contributed by atoms with E-state index in [4.69, 9.17) is 28.4 Å². The Morgan fingerprint density at radius 3 is 1.54 bits per heavy atom. The molecule has 0 saturated carbocycles. The minimum absolute atomic E-state index is 0.367. The Bertz CT molecular complexity index is 369. The van der Waals surface area contributed by atoms with Crippen molar-refractivity contribution in [3.8, 4) is 0 Å². The van der Waals surface area contributed by atoms with Gasteiger partial charge in [0.05, 0.1) is 66.1 Å². The molecule has 0 aromatic heterocycles. The molecule has 0 aromatic rings. The first-order valence-electron chi connectivity index (χ1n) is 10.1. The van der Waals surface area contributed by atoms with Crippen LogP contribution in [0.15, 0.2) is 0 Å². The average molecular weight is 407 g/mol. The standard InChI is InChI=1S/C19H38N2O7/c1-19(2,3)28-18(22)21-6-10-25-14-12-23-8-4-20-5-9-24-13-16-27-17-15-26-11-7-21/h20H,4-17H2,1-3H3. The molecule has 0 aliphatic carbocycles. The largest absolute Gasteiger partial charge is 0.444 e. The third kappa shape index (κ3) is 15.0. The second-order valence-corrected chi connectivity index (χ2v) is 7.28. The summed E-state index contributed by atoms with van der Waals surface area (Å²) in [6.45, 7) is 13.1. The third-order valence-electron chi connectivity index (χ3n) is 3.63. The van der Waals surface area contributed by atoms with Gasteiger partial charge in [-0.05, 0) is 20.8 Å². The van der Waals surface area contributed by atoms with E-state index in [2.05, 4.69) is 5.32 Å². The van der Waals surface area contributed by atoms with E-state index in [9.17, 15) is 4.79 Å². The summed E-state index contributed by atoms with van der Waals surface area (Å²) in [5.41, 5.74) is -0.543. The molecule has 1 amide bonds. The summed E-state index contributed by atoms with van der Waals surface area (Å²) in [6.07, 6.45) is -0.367. The van der Waals surface area contributed by atoms with Gasteiger partial charge in [-0.1, -0.05) is 0 Å². The van der Waals surface area contributed by atoms with Crippen molar-refractivity contribution in [2.45, 2.75) is 26.4 Å². The lowest BCUT2D eigenvalue weighted by Crippen LogP contribution is -2.40. The van der Waals surface area contributed by atoms with Crippen LogP contribution in [-0.4, -0.2) is 109 Å². The number of carbonyl (C=O) groups excluding carboxylic acids is 1. The molecule has 1 rings (SSSR count). The number of hydrogen-bond donors (Lipinski definition) is 1. The van der Waals surface area contributed by atoms with Crippen molar-refractivity contribution in [2.24, 2.45) is 0 Å². The predicted octanol–water partition coefficient (Wildman–Crippen LogP) is 0.910. The Morgan fingerprint density at radius 1 is 0.714 bits per heavy atom. The molecular formula is C19H38N2O7. The van der Waals surface area contributed by atoms with E-state index in [1.807, 2.05) is 20.8 Å². The molecule has 1 saturated heterocycles. The summed E-state index contributed by atoms with van der Waals surface area (Å²) in [5.74, 6) is 0. The SMILES string of the molecule is CC(C)(C)OC(=O)N1CCOCCOCCNCCOCCOCCOCC1. The topological polar surface area (TPSA) is 87.7 Å². The van der Waals surface area contributed by atoms with Crippen LogP contribution < -0.4 is 5.32 Å². The van der Waals surface area contributed by atoms with Gasteiger partial charge in [0.2, 0.25) is 0 Å². The molecule has 28 heavy (non-hydrogen) atoms. The van der Waals surface area contributed by atoms with Crippen molar-refractivity contribution in [2.75, 3.05) is 92.2 Å². The minimum Gasteiger partial charge on any atom is -0.444 e. The number of ether oxygens (including phenoxy) is 6. The Hall–Kier alpha value is -0.970. The van der Waals surface area contributed by atoms with Crippen molar-refractivity contribution in [3.05, 3.63) is 0 Å². The second kappa shape index (κ2) is 15.9. The van der Waals surface area contributed by atoms with Gasteiger partial charge in [-0.25, -0.2) is 4.79 Å². The average Bonchev–Trinajstić information content (AvgIpc) is 2.62. The fraction of sp³-hybridized carbons (Fsp3) is 0.947. The Kier molecular flexibility index (Phi) is 14.2. The predicted molar refractivity (Wildman–Crippen MR) is 105 cm³/mol. The van der Waals surface area contributed by atoms with Crippen molar-refractivity contribution < 1.29 is 33.2 Å². The van der Waals surface area contributed by atoms with Crippen LogP contribution in [0.4, 0.5) is 4.79 Å². The summed E-state index contributed by atoms with van der Waals surface area (Å²) in [6, 6.07) is 0. The van der Waals surface area contributed by atoms with E-state index >= 15 is 0 Å². The molecule has 1 N–H and O–H groups in total. The zero-order chi connectivity index (χ0) is 20.5. The summed E-state index contributed by atoms with van der Waals surface area (Å²) >= 11 is 0. The summed E-state index contributed by atoms with van der Waals surface area (Å²) in [4.78, 5) is 14.0. The monoisotopic (exact) mass is 406 g/mol. The lowest BCUT2D eigenvalue weighted by molar-refractivity contribution is -0.00430. The molecule has 1 heterocycles. The van der Waals surface area contributed by atoms with Crippen molar-refractivity contribution in [3.63, 3.8) is 0 Å². The van der Waals surface area contributed by atoms with Gasteiger partial charge in [0.1, 0.15) is 5.60 Å². The molecule has 0 spiro atoms. The number of amides is 1. The van der Waals surface area contributed by atoms with Crippen LogP contribution in [0.3, 0.4) is 0 Å². The van der Waals surface area contributed by atoms with E-state index in [0.717, 1.165) is 13.1 Å². The Balaban J connectivity index is 2.39. The lowest BCUT2D eigenvalue weighted by atomic mass is 10.2. The highest BCUT2D eigenvalue weighted by atomic mass is 16.6. The van der Waals surface area contributed by atoms with Crippen molar-refractivity contribution in [1.29, 1.82) is 0 Å². The van der Waals surface area contributed by atoms with E-state index in [-0.39, 0.29) is 6.09 Å². The molecule has 0 unspecified atom stereocenters. The number of nitrogens with zero attached hydrogens (tertiary/aromatic N) is 1. The second-order valence-electron chi connectivity index (χ2n) is 7.28. The maximum atomic E-state index is 12.4. The fourth-order valence-corrected chi connectivity index (χ4v) is 2.25. The quantitative estimate of drug-likeness (QED) is 0.635. The molecule has 1 aliphatic heterocycles. The van der Waals surface area contributed by atoms with Crippen molar-refractivity contribution in [1.82, 2.24) is 10.2 Å². The van der Waals surface area contributed by atoms with Crippen LogP contribution >= 0.6 is 0 Å². The van der Waals surface area contributed by atoms with Crippen LogP contribution in [-0.2, 0) is 28.4 Å². The molecule has 166 valence electrons. The zero-order valence-electron chi connectivity index (χ0n) is 17.7. The van der Waals surface area contributed by atoms with E-state index < -0.39 is 5.60 Å². The first-order valence-corrected chi connectivity index (χ1v) is 10.1. The summed E-state index contributed by atoms with van der Waals surface area (Å²) in [7, 11) is 0. The van der Waals surface area contributed by atoms with Crippen LogP contribution in [0, 0.1) is 0 Å². The lowest BCUT2D eigenvalue weighted by Gasteiger charge is -2.27. The van der Waals surface area contributed by atoms with Gasteiger partial charge in [0, 0.05) is 26.2 Å². The molecule has 1 aliphatic rings. The smallest absolute Gasteiger partial charge is 0.410 e. The minimum atomic E-state index is -0.543. The number of nitrogens with one attached hydrogen (secondary N) is 1. The first kappa shape index (κ1) is 25.1. The molecule has 0 aromatic carbocycles. The third-order valence-corrected chi connectivity index (χ3v) is 3.63. The molecule has 9 heteroatoms. The van der Waals surface area contributed by atoms with Gasteiger partial charge in [-0.15, -0.1) is 0 Å². The summed E-state index contributed by atoms with van der Waals surface area (Å²) < 4.78 is 33.0. The normalized spacial score (nSPS) is 21.5. The highest BCUT2D eigenvalue weighted by molar-refractivity contribution is 5.68. The highest BCUT2D eigenvalue weighted by Gasteiger charge is 2.21. The van der Waals surface area contributed by atoms with Gasteiger partial charge >= 0.3 is 6.09 Å². The number of rotatable bonds is 0. The van der Waals surface area contributed by atoms with Crippen molar-refractivity contribution >= 4 is 6.09 Å². The molecule has 0 atom stereocenters. The summed E-state index contributed by atoms with van der Waals surface area (Å²) in [5, 5.41) is 3.24. The van der Waals surface area contributed by atoms with Crippen LogP contribution in [0.25, 0.3) is 0 Å². The van der Waals surface area contributed by atoms with Gasteiger partial charge in [0.15, 0.2) is 0 Å². The van der Waals surface area contributed by atoms with Gasteiger partial charge in [-0.3, -0.25) is 0 Å². The van der Waals surface area contributed by atoms with Gasteiger partial charge in [0.25, 0.3) is 0 Å².